The quantitative estimate of drug-likeness (QED) is 0.743. The molecule has 2 aromatic carbocycles. The van der Waals surface area contributed by atoms with Crippen LogP contribution in [0.2, 0.25) is 0 Å². The summed E-state index contributed by atoms with van der Waals surface area (Å²) in [6, 6.07) is 15.8. The van der Waals surface area contributed by atoms with Crippen LogP contribution in [-0.4, -0.2) is 11.6 Å². The number of rotatable bonds is 2. The van der Waals surface area contributed by atoms with Gasteiger partial charge in [0.2, 0.25) is 0 Å². The van der Waals surface area contributed by atoms with Gasteiger partial charge >= 0.3 is 5.97 Å². The number of esters is 1. The molecule has 0 saturated heterocycles. The molecule has 104 valence electrons. The molecule has 0 saturated carbocycles. The molecule has 0 unspecified atom stereocenters. The second-order valence-corrected chi connectivity index (χ2v) is 5.92. The molecular weight excluding hydrogens is 248 g/mol. The molecule has 0 aliphatic heterocycles. The molecule has 0 spiro atoms. The summed E-state index contributed by atoms with van der Waals surface area (Å²) in [6.45, 7) is 7.61. The van der Waals surface area contributed by atoms with Crippen LogP contribution in [-0.2, 0) is 4.74 Å². The Kier molecular flexibility index (Phi) is 3.93. The Morgan fingerprint density at radius 1 is 1.00 bits per heavy atom. The van der Waals surface area contributed by atoms with Crippen LogP contribution in [0.5, 0.6) is 0 Å². The number of benzene rings is 2. The highest BCUT2D eigenvalue weighted by atomic mass is 16.6. The molecule has 0 aromatic heterocycles. The van der Waals surface area contributed by atoms with Gasteiger partial charge in [-0.15, -0.1) is 0 Å². The fraction of sp³-hybridized carbons (Fsp3) is 0.278. The summed E-state index contributed by atoms with van der Waals surface area (Å²) >= 11 is 0. The Balaban J connectivity index is 2.47. The van der Waals surface area contributed by atoms with Gasteiger partial charge in [-0.2, -0.15) is 0 Å². The van der Waals surface area contributed by atoms with Gasteiger partial charge in [-0.1, -0.05) is 48.0 Å². The summed E-state index contributed by atoms with van der Waals surface area (Å²) in [6.07, 6.45) is 0. The van der Waals surface area contributed by atoms with Crippen LogP contribution < -0.4 is 0 Å². The molecule has 2 heteroatoms. The molecule has 2 aromatic rings. The molecule has 0 bridgehead atoms. The van der Waals surface area contributed by atoms with Gasteiger partial charge in [0, 0.05) is 0 Å². The number of carbonyl (C=O) groups is 1. The van der Waals surface area contributed by atoms with Crippen LogP contribution >= 0.6 is 0 Å². The normalized spacial score (nSPS) is 11.2. The molecular formula is C18H20O2. The molecule has 2 nitrogen and oxygen atoms in total. The van der Waals surface area contributed by atoms with Crippen molar-refractivity contribution >= 4 is 5.97 Å². The van der Waals surface area contributed by atoms with E-state index in [-0.39, 0.29) is 5.97 Å². The van der Waals surface area contributed by atoms with Crippen LogP contribution in [0, 0.1) is 6.92 Å². The predicted molar refractivity (Wildman–Crippen MR) is 81.8 cm³/mol. The van der Waals surface area contributed by atoms with Crippen molar-refractivity contribution in [3.63, 3.8) is 0 Å². The zero-order valence-corrected chi connectivity index (χ0v) is 12.4. The summed E-state index contributed by atoms with van der Waals surface area (Å²) in [7, 11) is 0. The van der Waals surface area contributed by atoms with E-state index in [1.54, 1.807) is 0 Å². The lowest BCUT2D eigenvalue weighted by Crippen LogP contribution is -2.24. The van der Waals surface area contributed by atoms with E-state index >= 15 is 0 Å². The fourth-order valence-electron chi connectivity index (χ4n) is 2.03. The average molecular weight is 268 g/mol. The average Bonchev–Trinajstić information content (AvgIpc) is 2.37. The predicted octanol–water partition coefficient (Wildman–Crippen LogP) is 4.62. The van der Waals surface area contributed by atoms with E-state index in [0.29, 0.717) is 5.56 Å². The molecule has 0 atom stereocenters. The van der Waals surface area contributed by atoms with E-state index in [2.05, 4.69) is 0 Å². The van der Waals surface area contributed by atoms with Gasteiger partial charge in [-0.25, -0.2) is 4.79 Å². The molecule has 20 heavy (non-hydrogen) atoms. The third-order valence-electron chi connectivity index (χ3n) is 2.88. The monoisotopic (exact) mass is 268 g/mol. The van der Waals surface area contributed by atoms with Gasteiger partial charge in [0.15, 0.2) is 0 Å². The van der Waals surface area contributed by atoms with Gasteiger partial charge in [-0.3, -0.25) is 0 Å². The van der Waals surface area contributed by atoms with Crippen LogP contribution in [0.25, 0.3) is 11.1 Å². The highest BCUT2D eigenvalue weighted by Crippen LogP contribution is 2.26. The number of aryl methyl sites for hydroxylation is 1. The summed E-state index contributed by atoms with van der Waals surface area (Å²) in [5, 5.41) is 0. The van der Waals surface area contributed by atoms with Gasteiger partial charge in [-0.05, 0) is 44.9 Å². The third-order valence-corrected chi connectivity index (χ3v) is 2.88. The summed E-state index contributed by atoms with van der Waals surface area (Å²) in [5.41, 5.74) is 3.10. The molecule has 0 radical (unpaired) electrons. The third kappa shape index (κ3) is 3.47. The maximum atomic E-state index is 12.4. The van der Waals surface area contributed by atoms with Crippen molar-refractivity contribution in [2.24, 2.45) is 0 Å². The van der Waals surface area contributed by atoms with Crippen LogP contribution in [0.15, 0.2) is 48.5 Å². The van der Waals surface area contributed by atoms with E-state index in [9.17, 15) is 4.79 Å². The maximum absolute atomic E-state index is 12.4. The Labute approximate surface area is 120 Å². The highest BCUT2D eigenvalue weighted by molar-refractivity contribution is 5.97. The van der Waals surface area contributed by atoms with E-state index in [1.165, 1.54) is 0 Å². The lowest BCUT2D eigenvalue weighted by atomic mass is 9.97. The number of hydrogen-bond donors (Lipinski definition) is 0. The maximum Gasteiger partial charge on any atom is 0.339 e. The van der Waals surface area contributed by atoms with Crippen LogP contribution in [0.1, 0.15) is 36.7 Å². The second-order valence-electron chi connectivity index (χ2n) is 5.92. The fourth-order valence-corrected chi connectivity index (χ4v) is 2.03. The molecule has 0 fully saturated rings. The summed E-state index contributed by atoms with van der Waals surface area (Å²) < 4.78 is 5.50. The first-order chi connectivity index (χ1) is 9.37. The number of ether oxygens (including phenoxy) is 1. The van der Waals surface area contributed by atoms with Gasteiger partial charge in [0.25, 0.3) is 0 Å². The molecule has 2 rings (SSSR count). The first-order valence-corrected chi connectivity index (χ1v) is 6.76. The topological polar surface area (TPSA) is 26.3 Å². The second kappa shape index (κ2) is 5.49. The first kappa shape index (κ1) is 14.3. The van der Waals surface area contributed by atoms with Crippen molar-refractivity contribution in [1.82, 2.24) is 0 Å². The van der Waals surface area contributed by atoms with Crippen molar-refractivity contribution in [3.8, 4) is 11.1 Å². The standard InChI is InChI=1S/C18H20O2/c1-13-10-11-15(14-8-6-5-7-9-14)16(12-13)17(19)20-18(2,3)4/h5-12H,1-4H3. The Hall–Kier alpha value is -2.09. The molecule has 0 heterocycles. The Bertz CT molecular complexity index is 607. The largest absolute Gasteiger partial charge is 0.456 e. The lowest BCUT2D eigenvalue weighted by Gasteiger charge is -2.21. The molecule has 0 aliphatic carbocycles. The minimum absolute atomic E-state index is 0.278. The zero-order chi connectivity index (χ0) is 14.8. The van der Waals surface area contributed by atoms with Crippen molar-refractivity contribution in [2.75, 3.05) is 0 Å². The van der Waals surface area contributed by atoms with Crippen LogP contribution in [0.4, 0.5) is 0 Å². The SMILES string of the molecule is Cc1ccc(-c2ccccc2)c(C(=O)OC(C)(C)C)c1. The van der Waals surface area contributed by atoms with Crippen molar-refractivity contribution in [1.29, 1.82) is 0 Å². The molecule has 0 aliphatic rings. The van der Waals surface area contributed by atoms with E-state index in [1.807, 2.05) is 76.2 Å². The van der Waals surface area contributed by atoms with Gasteiger partial charge in [0.1, 0.15) is 5.60 Å². The van der Waals surface area contributed by atoms with E-state index in [0.717, 1.165) is 16.7 Å². The van der Waals surface area contributed by atoms with Gasteiger partial charge < -0.3 is 4.74 Å². The first-order valence-electron chi connectivity index (χ1n) is 6.76. The Morgan fingerprint density at radius 3 is 2.25 bits per heavy atom. The van der Waals surface area contributed by atoms with Crippen molar-refractivity contribution in [2.45, 2.75) is 33.3 Å². The number of hydrogen-bond acceptors (Lipinski definition) is 2. The molecule has 0 amide bonds. The summed E-state index contributed by atoms with van der Waals surface area (Å²) in [5.74, 6) is -0.278. The van der Waals surface area contributed by atoms with Gasteiger partial charge in [0.05, 0.1) is 5.56 Å². The highest BCUT2D eigenvalue weighted by Gasteiger charge is 2.20. The minimum atomic E-state index is -0.491. The Morgan fingerprint density at radius 2 is 1.65 bits per heavy atom. The van der Waals surface area contributed by atoms with E-state index < -0.39 is 5.60 Å². The van der Waals surface area contributed by atoms with E-state index in [4.69, 9.17) is 4.74 Å². The summed E-state index contributed by atoms with van der Waals surface area (Å²) in [4.78, 5) is 12.4. The molecule has 0 N–H and O–H groups in total. The zero-order valence-electron chi connectivity index (χ0n) is 12.4. The number of carbonyl (C=O) groups excluding carboxylic acids is 1. The smallest absolute Gasteiger partial charge is 0.339 e. The minimum Gasteiger partial charge on any atom is -0.456 e. The van der Waals surface area contributed by atoms with Crippen molar-refractivity contribution in [3.05, 3.63) is 59.7 Å². The lowest BCUT2D eigenvalue weighted by molar-refractivity contribution is 0.00704. The van der Waals surface area contributed by atoms with Crippen molar-refractivity contribution < 1.29 is 9.53 Å². The van der Waals surface area contributed by atoms with Crippen LogP contribution in [0.3, 0.4) is 0 Å².